The number of anilines is 2. The normalized spacial score (nSPS) is 10.7. The molecule has 6 aromatic carbocycles. The van der Waals surface area contributed by atoms with Gasteiger partial charge in [0.15, 0.2) is 0 Å². The first-order chi connectivity index (χ1) is 38.2. The smallest absolute Gasteiger partial charge is 0.300 e. The number of rotatable bonds is 16. The Hall–Kier alpha value is -9.09. The predicted octanol–water partition coefficient (Wildman–Crippen LogP) is 14.3. The fraction of sp³-hybridized carbons (Fsp3) is 0.242. The van der Waals surface area contributed by atoms with Crippen molar-refractivity contribution >= 4 is 97.8 Å². The van der Waals surface area contributed by atoms with Gasteiger partial charge in [-0.15, -0.1) is 0 Å². The third kappa shape index (κ3) is 20.4. The molecular weight excluding hydrogens is 1060 g/mol. The molecule has 0 saturated carbocycles. The van der Waals surface area contributed by atoms with Gasteiger partial charge >= 0.3 is 0 Å². The van der Waals surface area contributed by atoms with Gasteiger partial charge in [0.1, 0.15) is 48.5 Å². The lowest BCUT2D eigenvalue weighted by Crippen LogP contribution is -2.21. The van der Waals surface area contributed by atoms with Crippen LogP contribution in [0.15, 0.2) is 121 Å². The number of allylic oxidation sites excluding steroid dienone is 2. The van der Waals surface area contributed by atoms with E-state index in [0.29, 0.717) is 57.6 Å². The number of nitrogens with zero attached hydrogens (tertiary/aromatic N) is 6. The highest BCUT2D eigenvalue weighted by Gasteiger charge is 2.15. The predicted molar refractivity (Wildman–Crippen MR) is 320 cm³/mol. The Bertz CT molecular complexity index is 3240. The maximum atomic E-state index is 9.92. The SMILES string of the molecule is CC(=O)O.CC(=O)O.CC(=O)O.CCN(CC)c1ccc(/C=C(\C#N)c2nc3ccc(C)cc3[nH]2)c(OCc2ccc(Cl)cc2)c1.CCN(CC)c1ccc(/C=C(\C#N)c2nc3ccc(C)cc3[nH]2)c(OCc2ccc(Cl)cc2)c1. The van der Waals surface area contributed by atoms with Crippen molar-refractivity contribution < 1.29 is 39.2 Å². The summed E-state index contributed by atoms with van der Waals surface area (Å²) in [5.41, 5.74) is 12.5. The molecular formula is C62H66Cl2N8O8. The number of ether oxygens (including phenoxy) is 2. The number of carbonyl (C=O) groups is 3. The first-order valence-corrected chi connectivity index (χ1v) is 26.2. The quantitative estimate of drug-likeness (QED) is 0.0566. The second-order valence-electron chi connectivity index (χ2n) is 17.7. The number of carboxylic acids is 3. The van der Waals surface area contributed by atoms with Crippen molar-refractivity contribution in [1.82, 2.24) is 19.9 Å². The molecule has 0 bridgehead atoms. The van der Waals surface area contributed by atoms with E-state index in [9.17, 15) is 10.5 Å². The molecule has 0 aliphatic carbocycles. The van der Waals surface area contributed by atoms with Crippen molar-refractivity contribution in [3.8, 4) is 23.6 Å². The molecule has 2 heterocycles. The molecule has 0 saturated heterocycles. The number of aromatic nitrogens is 4. The zero-order chi connectivity index (χ0) is 58.9. The van der Waals surface area contributed by atoms with Crippen molar-refractivity contribution in [1.29, 1.82) is 10.5 Å². The van der Waals surface area contributed by atoms with Crippen LogP contribution < -0.4 is 19.3 Å². The van der Waals surface area contributed by atoms with E-state index in [4.69, 9.17) is 62.4 Å². The minimum atomic E-state index is -0.833. The van der Waals surface area contributed by atoms with Crippen LogP contribution in [0.25, 0.3) is 45.4 Å². The van der Waals surface area contributed by atoms with E-state index in [1.807, 2.05) is 135 Å². The summed E-state index contributed by atoms with van der Waals surface area (Å²) >= 11 is 12.0. The maximum absolute atomic E-state index is 9.92. The first kappa shape index (κ1) is 63.4. The van der Waals surface area contributed by atoms with Gasteiger partial charge in [-0.1, -0.05) is 59.6 Å². The van der Waals surface area contributed by atoms with Gasteiger partial charge in [-0.3, -0.25) is 14.4 Å². The molecule has 0 spiro atoms. The van der Waals surface area contributed by atoms with Gasteiger partial charge in [-0.25, -0.2) is 9.97 Å². The Morgan fingerprint density at radius 3 is 1.16 bits per heavy atom. The number of nitriles is 2. The lowest BCUT2D eigenvalue weighted by Gasteiger charge is -2.22. The largest absolute Gasteiger partial charge is 0.488 e. The van der Waals surface area contributed by atoms with Crippen molar-refractivity contribution in [2.24, 2.45) is 0 Å². The molecule has 0 radical (unpaired) electrons. The van der Waals surface area contributed by atoms with E-state index in [2.05, 4.69) is 81.7 Å². The van der Waals surface area contributed by atoms with E-state index >= 15 is 0 Å². The number of hydrogen-bond donors (Lipinski definition) is 5. The Balaban J connectivity index is 0.000000287. The fourth-order valence-corrected chi connectivity index (χ4v) is 7.96. The number of halogens is 2. The van der Waals surface area contributed by atoms with E-state index in [1.165, 1.54) is 0 Å². The molecule has 8 aromatic rings. The number of nitrogens with one attached hydrogen (secondary N) is 2. The summed E-state index contributed by atoms with van der Waals surface area (Å²) in [6.07, 6.45) is 3.65. The van der Waals surface area contributed by atoms with E-state index in [1.54, 1.807) is 0 Å². The minimum absolute atomic E-state index is 0.394. The molecule has 0 aliphatic heterocycles. The van der Waals surface area contributed by atoms with Crippen LogP contribution in [0, 0.1) is 36.5 Å². The van der Waals surface area contributed by atoms with Gasteiger partial charge in [0.2, 0.25) is 0 Å². The molecule has 0 aliphatic rings. The van der Waals surface area contributed by atoms with Crippen LogP contribution in [0.5, 0.6) is 11.5 Å². The van der Waals surface area contributed by atoms with E-state index in [0.717, 1.165) is 114 Å². The zero-order valence-electron chi connectivity index (χ0n) is 46.3. The summed E-state index contributed by atoms with van der Waals surface area (Å²) in [7, 11) is 0. The average molecular weight is 1120 g/mol. The van der Waals surface area contributed by atoms with Crippen LogP contribution in [0.1, 0.15) is 93.5 Å². The molecule has 0 unspecified atom stereocenters. The molecule has 416 valence electrons. The highest BCUT2D eigenvalue weighted by molar-refractivity contribution is 6.30. The number of carboxylic acid groups (broad SMARTS) is 3. The number of H-pyrrole nitrogens is 2. The van der Waals surface area contributed by atoms with Crippen LogP contribution in [-0.2, 0) is 27.6 Å². The highest BCUT2D eigenvalue weighted by Crippen LogP contribution is 2.33. The van der Waals surface area contributed by atoms with Crippen molar-refractivity contribution in [2.45, 2.75) is 75.5 Å². The van der Waals surface area contributed by atoms with Gasteiger partial charge in [-0.05, 0) is 149 Å². The lowest BCUT2D eigenvalue weighted by atomic mass is 10.1. The summed E-state index contributed by atoms with van der Waals surface area (Å²) in [6, 6.07) is 44.0. The number of fused-ring (bicyclic) bond motifs is 2. The van der Waals surface area contributed by atoms with Gasteiger partial charge in [-0.2, -0.15) is 10.5 Å². The van der Waals surface area contributed by atoms with Gasteiger partial charge < -0.3 is 44.6 Å². The van der Waals surface area contributed by atoms with Gasteiger partial charge in [0.05, 0.1) is 33.2 Å². The topological polar surface area (TPSA) is 242 Å². The summed E-state index contributed by atoms with van der Waals surface area (Å²) in [5.74, 6) is -0.00254. The standard InChI is InChI=1S/2C28H27ClN4O.3C2H4O2/c2*1-4-33(5-2)24-12-9-21(27(16-24)34-18-20-7-10-23(29)11-8-20)15-22(17-30)28-31-25-13-6-19(3)14-26(25)32-28;3*1-2(3)4/h2*6-16H,4-5,18H2,1-3H3,(H,31,32);3*1H3,(H,3,4)/b2*22-15+;;;. The van der Waals surface area contributed by atoms with Crippen LogP contribution in [0.4, 0.5) is 11.4 Å². The first-order valence-electron chi connectivity index (χ1n) is 25.5. The van der Waals surface area contributed by atoms with Crippen LogP contribution in [-0.4, -0.2) is 79.3 Å². The second-order valence-corrected chi connectivity index (χ2v) is 18.6. The summed E-state index contributed by atoms with van der Waals surface area (Å²) in [6.45, 7) is 20.2. The molecule has 16 nitrogen and oxygen atoms in total. The molecule has 8 rings (SSSR count). The lowest BCUT2D eigenvalue weighted by molar-refractivity contribution is -0.135. The molecule has 80 heavy (non-hydrogen) atoms. The Morgan fingerprint density at radius 1 is 0.537 bits per heavy atom. The van der Waals surface area contributed by atoms with E-state index < -0.39 is 17.9 Å². The molecule has 2 aromatic heterocycles. The van der Waals surface area contributed by atoms with Crippen LogP contribution in [0.2, 0.25) is 10.0 Å². The van der Waals surface area contributed by atoms with Crippen molar-refractivity contribution in [3.63, 3.8) is 0 Å². The molecule has 0 fully saturated rings. The minimum Gasteiger partial charge on any atom is -0.488 e. The summed E-state index contributed by atoms with van der Waals surface area (Å²) in [4.78, 5) is 47.3. The molecule has 0 atom stereocenters. The Labute approximate surface area is 476 Å². The molecule has 18 heteroatoms. The number of aromatic amines is 2. The van der Waals surface area contributed by atoms with Gasteiger partial charge in [0, 0.05) is 91.6 Å². The zero-order valence-corrected chi connectivity index (χ0v) is 47.8. The number of benzene rings is 6. The maximum Gasteiger partial charge on any atom is 0.300 e. The number of aryl methyl sites for hydroxylation is 2. The molecule has 5 N–H and O–H groups in total. The second kappa shape index (κ2) is 32.0. The third-order valence-electron chi connectivity index (χ3n) is 11.5. The molecule has 0 amide bonds. The average Bonchev–Trinajstić information content (AvgIpc) is 4.05. The summed E-state index contributed by atoms with van der Waals surface area (Å²) < 4.78 is 12.5. The van der Waals surface area contributed by atoms with Gasteiger partial charge in [0.25, 0.3) is 17.9 Å². The van der Waals surface area contributed by atoms with Crippen molar-refractivity contribution in [3.05, 3.63) is 176 Å². The fourth-order valence-electron chi connectivity index (χ4n) is 7.71. The van der Waals surface area contributed by atoms with E-state index in [-0.39, 0.29) is 0 Å². The Morgan fingerprint density at radius 2 is 0.863 bits per heavy atom. The van der Waals surface area contributed by atoms with Crippen molar-refractivity contribution in [2.75, 3.05) is 36.0 Å². The number of hydrogen-bond acceptors (Lipinski definition) is 11. The van der Waals surface area contributed by atoms with Crippen LogP contribution >= 0.6 is 23.2 Å². The number of imidazole rings is 2. The highest BCUT2D eigenvalue weighted by atomic mass is 35.5. The van der Waals surface area contributed by atoms with Crippen LogP contribution in [0.3, 0.4) is 0 Å². The Kier molecular flexibility index (Phi) is 25.3. The number of aliphatic carboxylic acids is 3. The summed E-state index contributed by atoms with van der Waals surface area (Å²) in [5, 5.41) is 43.5. The monoisotopic (exact) mass is 1120 g/mol. The third-order valence-corrected chi connectivity index (χ3v) is 12.0.